The monoisotopic (exact) mass is 440 g/mol. The first-order valence-electron chi connectivity index (χ1n) is 11.3. The SMILES string of the molecule is C#CCCC(=O)ON1C(=O)CC(SCCCCCCC)C1=O.CCCCCCCN. The topological polar surface area (TPSA) is 89.7 Å². The van der Waals surface area contributed by atoms with Crippen molar-refractivity contribution in [3.05, 3.63) is 0 Å². The second-order valence-corrected chi connectivity index (χ2v) is 8.69. The molecule has 0 aromatic heterocycles. The number of rotatable bonds is 15. The maximum absolute atomic E-state index is 12.1. The number of hydrogen-bond donors (Lipinski definition) is 1. The zero-order valence-corrected chi connectivity index (χ0v) is 19.6. The largest absolute Gasteiger partial charge is 0.334 e. The maximum atomic E-state index is 12.1. The van der Waals surface area contributed by atoms with Crippen LogP contribution in [0.15, 0.2) is 0 Å². The van der Waals surface area contributed by atoms with Crippen molar-refractivity contribution in [2.75, 3.05) is 12.3 Å². The molecular formula is C23H40N2O4S. The molecule has 1 unspecified atom stereocenters. The maximum Gasteiger partial charge on any atom is 0.334 e. The van der Waals surface area contributed by atoms with Crippen LogP contribution in [-0.2, 0) is 19.2 Å². The number of hydrogen-bond acceptors (Lipinski definition) is 6. The number of nitrogens with zero attached hydrogens (tertiary/aromatic N) is 1. The highest BCUT2D eigenvalue weighted by atomic mass is 32.2. The Hall–Kier alpha value is -1.52. The Balaban J connectivity index is 0.000000890. The van der Waals surface area contributed by atoms with Crippen LogP contribution in [0.5, 0.6) is 0 Å². The Morgan fingerprint density at radius 2 is 1.70 bits per heavy atom. The van der Waals surface area contributed by atoms with E-state index in [1.165, 1.54) is 63.1 Å². The van der Waals surface area contributed by atoms with Gasteiger partial charge < -0.3 is 10.6 Å². The summed E-state index contributed by atoms with van der Waals surface area (Å²) in [7, 11) is 0. The van der Waals surface area contributed by atoms with Crippen molar-refractivity contribution in [2.45, 2.75) is 103 Å². The van der Waals surface area contributed by atoms with Crippen LogP contribution in [-0.4, -0.2) is 40.4 Å². The van der Waals surface area contributed by atoms with Gasteiger partial charge in [-0.05, 0) is 25.1 Å². The summed E-state index contributed by atoms with van der Waals surface area (Å²) in [5, 5.41) is 0.173. The summed E-state index contributed by atoms with van der Waals surface area (Å²) < 4.78 is 0. The highest BCUT2D eigenvalue weighted by molar-refractivity contribution is 8.00. The van der Waals surface area contributed by atoms with Crippen LogP contribution in [0, 0.1) is 12.3 Å². The molecular weight excluding hydrogens is 400 g/mol. The third-order valence-corrected chi connectivity index (χ3v) is 5.90. The van der Waals surface area contributed by atoms with Crippen molar-refractivity contribution < 1.29 is 19.2 Å². The van der Waals surface area contributed by atoms with E-state index in [1.54, 1.807) is 0 Å². The molecule has 2 amide bonds. The molecule has 0 aliphatic carbocycles. The fraction of sp³-hybridized carbons (Fsp3) is 0.783. The van der Waals surface area contributed by atoms with Crippen molar-refractivity contribution in [1.29, 1.82) is 0 Å². The summed E-state index contributed by atoms with van der Waals surface area (Å²) in [5.74, 6) is 1.61. The van der Waals surface area contributed by atoms with Crippen molar-refractivity contribution in [1.82, 2.24) is 5.06 Å². The van der Waals surface area contributed by atoms with E-state index in [9.17, 15) is 14.4 Å². The summed E-state index contributed by atoms with van der Waals surface area (Å²) in [6, 6.07) is 0. The zero-order valence-electron chi connectivity index (χ0n) is 18.8. The highest BCUT2D eigenvalue weighted by Crippen LogP contribution is 2.26. The van der Waals surface area contributed by atoms with Crippen molar-refractivity contribution in [3.8, 4) is 12.3 Å². The normalized spacial score (nSPS) is 15.5. The average Bonchev–Trinajstić information content (AvgIpc) is 3.00. The number of imide groups is 1. The molecule has 0 aromatic rings. The van der Waals surface area contributed by atoms with Gasteiger partial charge in [0.15, 0.2) is 0 Å². The number of amides is 2. The minimum atomic E-state index is -0.648. The molecule has 6 nitrogen and oxygen atoms in total. The van der Waals surface area contributed by atoms with Crippen LogP contribution in [0.4, 0.5) is 0 Å². The van der Waals surface area contributed by atoms with Gasteiger partial charge in [0.1, 0.15) is 0 Å². The standard InChI is InChI=1S/C16H23NO4S.C7H17N/c1-3-5-7-8-9-11-22-13-12-14(18)17(16(13)20)21-15(19)10-6-4-2;1-2-3-4-5-6-7-8/h2,13H,3,5-12H2,1H3;2-8H2,1H3. The van der Waals surface area contributed by atoms with Gasteiger partial charge in [-0.15, -0.1) is 29.2 Å². The lowest BCUT2D eigenvalue weighted by Gasteiger charge is -2.13. The van der Waals surface area contributed by atoms with Gasteiger partial charge in [0.25, 0.3) is 11.8 Å². The number of hydroxylamine groups is 2. The molecule has 1 saturated heterocycles. The molecule has 1 aliphatic heterocycles. The molecule has 1 rings (SSSR count). The first-order chi connectivity index (χ1) is 14.5. The van der Waals surface area contributed by atoms with Crippen molar-refractivity contribution in [3.63, 3.8) is 0 Å². The van der Waals surface area contributed by atoms with Gasteiger partial charge >= 0.3 is 5.97 Å². The zero-order chi connectivity index (χ0) is 22.6. The highest BCUT2D eigenvalue weighted by Gasteiger charge is 2.41. The van der Waals surface area contributed by atoms with E-state index < -0.39 is 23.0 Å². The molecule has 0 bridgehead atoms. The molecule has 2 N–H and O–H groups in total. The van der Waals surface area contributed by atoms with Crippen LogP contribution in [0.1, 0.15) is 97.3 Å². The fourth-order valence-electron chi connectivity index (χ4n) is 2.81. The van der Waals surface area contributed by atoms with Crippen LogP contribution in [0.25, 0.3) is 0 Å². The van der Waals surface area contributed by atoms with Gasteiger partial charge in [-0.3, -0.25) is 9.59 Å². The predicted octanol–water partition coefficient (Wildman–Crippen LogP) is 4.60. The van der Waals surface area contributed by atoms with Crippen molar-refractivity contribution >= 4 is 29.5 Å². The Morgan fingerprint density at radius 1 is 1.10 bits per heavy atom. The lowest BCUT2D eigenvalue weighted by atomic mass is 10.2. The minimum Gasteiger partial charge on any atom is -0.330 e. The second kappa shape index (κ2) is 19.4. The van der Waals surface area contributed by atoms with E-state index in [-0.39, 0.29) is 19.3 Å². The number of terminal acetylenes is 1. The summed E-state index contributed by atoms with van der Waals surface area (Å²) in [4.78, 5) is 40.1. The molecule has 0 aromatic carbocycles. The van der Waals surface area contributed by atoms with Gasteiger partial charge in [-0.25, -0.2) is 4.79 Å². The lowest BCUT2D eigenvalue weighted by molar-refractivity contribution is -0.197. The summed E-state index contributed by atoms with van der Waals surface area (Å²) >= 11 is 1.47. The minimum absolute atomic E-state index is 0.00278. The molecule has 172 valence electrons. The van der Waals surface area contributed by atoms with Gasteiger partial charge in [-0.1, -0.05) is 65.2 Å². The van der Waals surface area contributed by atoms with E-state index >= 15 is 0 Å². The van der Waals surface area contributed by atoms with Gasteiger partial charge in [-0.2, -0.15) is 0 Å². The molecule has 0 radical (unpaired) electrons. The average molecular weight is 441 g/mol. The van der Waals surface area contributed by atoms with Crippen LogP contribution in [0.3, 0.4) is 0 Å². The van der Waals surface area contributed by atoms with Gasteiger partial charge in [0.05, 0.1) is 18.1 Å². The Labute approximate surface area is 187 Å². The lowest BCUT2D eigenvalue weighted by Crippen LogP contribution is -2.33. The number of nitrogens with two attached hydrogens (primary N) is 1. The van der Waals surface area contributed by atoms with Crippen LogP contribution >= 0.6 is 11.8 Å². The molecule has 1 aliphatic rings. The molecule has 1 heterocycles. The Bertz CT molecular complexity index is 528. The van der Waals surface area contributed by atoms with E-state index in [2.05, 4.69) is 19.8 Å². The van der Waals surface area contributed by atoms with Crippen LogP contribution < -0.4 is 5.73 Å². The second-order valence-electron chi connectivity index (χ2n) is 7.37. The quantitative estimate of drug-likeness (QED) is 0.227. The number of thioether (sulfide) groups is 1. The molecule has 30 heavy (non-hydrogen) atoms. The summed E-state index contributed by atoms with van der Waals surface area (Å²) in [6.45, 7) is 5.25. The van der Waals surface area contributed by atoms with Gasteiger partial charge in [0, 0.05) is 6.42 Å². The van der Waals surface area contributed by atoms with E-state index in [1.807, 2.05) is 0 Å². The van der Waals surface area contributed by atoms with Gasteiger partial charge in [0.2, 0.25) is 0 Å². The van der Waals surface area contributed by atoms with Crippen LogP contribution in [0.2, 0.25) is 0 Å². The third kappa shape index (κ3) is 13.7. The van der Waals surface area contributed by atoms with E-state index in [0.29, 0.717) is 5.06 Å². The fourth-order valence-corrected chi connectivity index (χ4v) is 3.96. The Kier molecular flexibility index (Phi) is 18.5. The predicted molar refractivity (Wildman–Crippen MR) is 123 cm³/mol. The molecule has 0 saturated carbocycles. The van der Waals surface area contributed by atoms with E-state index in [4.69, 9.17) is 17.0 Å². The third-order valence-electron chi connectivity index (χ3n) is 4.60. The number of carbonyl (C=O) groups is 3. The first kappa shape index (κ1) is 28.5. The Morgan fingerprint density at radius 3 is 2.27 bits per heavy atom. The molecule has 0 spiro atoms. The molecule has 7 heteroatoms. The first-order valence-corrected chi connectivity index (χ1v) is 12.4. The smallest absolute Gasteiger partial charge is 0.330 e. The summed E-state index contributed by atoms with van der Waals surface area (Å²) in [6.07, 6.45) is 17.8. The van der Waals surface area contributed by atoms with Crippen molar-refractivity contribution in [2.24, 2.45) is 5.73 Å². The number of carbonyl (C=O) groups excluding carboxylic acids is 3. The van der Waals surface area contributed by atoms with E-state index in [0.717, 1.165) is 25.1 Å². The number of unbranched alkanes of at least 4 members (excludes halogenated alkanes) is 8. The summed E-state index contributed by atoms with van der Waals surface area (Å²) in [5.41, 5.74) is 5.31. The molecule has 1 fully saturated rings. The molecule has 1 atom stereocenters.